The smallest absolute Gasteiger partial charge is 0.127 e. The molecule has 2 rings (SSSR count). The zero-order chi connectivity index (χ0) is 16.7. The van der Waals surface area contributed by atoms with Gasteiger partial charge in [0.15, 0.2) is 0 Å². The van der Waals surface area contributed by atoms with Crippen molar-refractivity contribution in [2.24, 2.45) is 0 Å². The van der Waals surface area contributed by atoms with E-state index in [1.165, 1.54) is 5.69 Å². The highest BCUT2D eigenvalue weighted by atomic mass is 16.5. The van der Waals surface area contributed by atoms with Gasteiger partial charge in [-0.05, 0) is 50.2 Å². The quantitative estimate of drug-likeness (QED) is 0.793. The third kappa shape index (κ3) is 4.31. The van der Waals surface area contributed by atoms with Crippen LogP contribution in [0.5, 0.6) is 11.5 Å². The zero-order valence-electron chi connectivity index (χ0n) is 14.4. The van der Waals surface area contributed by atoms with Crippen molar-refractivity contribution in [1.82, 2.24) is 0 Å². The average Bonchev–Trinajstić information content (AvgIpc) is 2.62. The minimum absolute atomic E-state index is 0.706. The molecule has 0 amide bonds. The first-order valence-electron chi connectivity index (χ1n) is 8.01. The maximum atomic E-state index is 5.43. The Bertz CT molecular complexity index is 607. The Hall–Kier alpha value is -2.36. The number of methoxy groups -OCH3 is 2. The molecule has 0 aromatic heterocycles. The Morgan fingerprint density at radius 2 is 1.61 bits per heavy atom. The van der Waals surface area contributed by atoms with Crippen molar-refractivity contribution in [3.63, 3.8) is 0 Å². The Labute approximate surface area is 139 Å². The van der Waals surface area contributed by atoms with Gasteiger partial charge in [0.2, 0.25) is 0 Å². The van der Waals surface area contributed by atoms with Crippen LogP contribution in [0, 0.1) is 0 Å². The zero-order valence-corrected chi connectivity index (χ0v) is 14.4. The number of benzene rings is 2. The Morgan fingerprint density at radius 1 is 0.913 bits per heavy atom. The molecular formula is C19H26N2O2. The molecule has 0 heterocycles. The second-order valence-corrected chi connectivity index (χ2v) is 5.25. The number of hydrogen-bond donors (Lipinski definition) is 1. The second kappa shape index (κ2) is 8.32. The van der Waals surface area contributed by atoms with Gasteiger partial charge in [-0.3, -0.25) is 0 Å². The topological polar surface area (TPSA) is 33.7 Å². The minimum atomic E-state index is 0.706. The van der Waals surface area contributed by atoms with E-state index < -0.39 is 0 Å². The maximum absolute atomic E-state index is 5.43. The number of ether oxygens (including phenoxy) is 2. The molecule has 2 aromatic rings. The van der Waals surface area contributed by atoms with Crippen molar-refractivity contribution in [3.8, 4) is 11.5 Å². The van der Waals surface area contributed by atoms with E-state index in [4.69, 9.17) is 9.47 Å². The number of hydrogen-bond acceptors (Lipinski definition) is 4. The fraction of sp³-hybridized carbons (Fsp3) is 0.368. The van der Waals surface area contributed by atoms with Crippen molar-refractivity contribution in [1.29, 1.82) is 0 Å². The van der Waals surface area contributed by atoms with Crippen LogP contribution in [0.3, 0.4) is 0 Å². The lowest BCUT2D eigenvalue weighted by molar-refractivity contribution is 0.391. The summed E-state index contributed by atoms with van der Waals surface area (Å²) in [7, 11) is 3.33. The summed E-state index contributed by atoms with van der Waals surface area (Å²) >= 11 is 0. The van der Waals surface area contributed by atoms with Gasteiger partial charge in [0.25, 0.3) is 0 Å². The molecule has 0 bridgehead atoms. The lowest BCUT2D eigenvalue weighted by Gasteiger charge is -2.21. The molecule has 0 aliphatic carbocycles. The van der Waals surface area contributed by atoms with Gasteiger partial charge in [0.1, 0.15) is 11.5 Å². The second-order valence-electron chi connectivity index (χ2n) is 5.25. The van der Waals surface area contributed by atoms with E-state index in [1.54, 1.807) is 14.2 Å². The van der Waals surface area contributed by atoms with Crippen LogP contribution in [0.4, 0.5) is 11.4 Å². The van der Waals surface area contributed by atoms with E-state index in [-0.39, 0.29) is 0 Å². The van der Waals surface area contributed by atoms with E-state index in [1.807, 2.05) is 18.2 Å². The molecular weight excluding hydrogens is 288 g/mol. The molecule has 0 unspecified atom stereocenters. The van der Waals surface area contributed by atoms with E-state index in [0.29, 0.717) is 6.54 Å². The lowest BCUT2D eigenvalue weighted by Crippen LogP contribution is -2.21. The molecule has 0 radical (unpaired) electrons. The average molecular weight is 314 g/mol. The molecule has 2 aromatic carbocycles. The summed E-state index contributed by atoms with van der Waals surface area (Å²) in [6, 6.07) is 14.4. The van der Waals surface area contributed by atoms with Crippen molar-refractivity contribution in [2.45, 2.75) is 20.4 Å². The van der Waals surface area contributed by atoms with Crippen molar-refractivity contribution >= 4 is 11.4 Å². The minimum Gasteiger partial charge on any atom is -0.497 e. The SMILES string of the molecule is CCN(CC)c1ccc(NCc2ccc(OC)cc2OC)cc1. The maximum Gasteiger partial charge on any atom is 0.127 e. The predicted molar refractivity (Wildman–Crippen MR) is 96.9 cm³/mol. The molecule has 0 saturated carbocycles. The summed E-state index contributed by atoms with van der Waals surface area (Å²) in [5.74, 6) is 1.63. The summed E-state index contributed by atoms with van der Waals surface area (Å²) in [6.45, 7) is 7.09. The first-order valence-corrected chi connectivity index (χ1v) is 8.01. The standard InChI is InChI=1S/C19H26N2O2/c1-5-21(6-2)17-10-8-16(9-11-17)20-14-15-7-12-18(22-3)13-19(15)23-4/h7-13,20H,5-6,14H2,1-4H3. The highest BCUT2D eigenvalue weighted by molar-refractivity contribution is 5.55. The van der Waals surface area contributed by atoms with Crippen molar-refractivity contribution < 1.29 is 9.47 Å². The van der Waals surface area contributed by atoms with Crippen molar-refractivity contribution in [2.75, 3.05) is 37.5 Å². The number of nitrogens with zero attached hydrogens (tertiary/aromatic N) is 1. The van der Waals surface area contributed by atoms with Crippen LogP contribution in [0.15, 0.2) is 42.5 Å². The molecule has 124 valence electrons. The van der Waals surface area contributed by atoms with Crippen LogP contribution >= 0.6 is 0 Å². The summed E-state index contributed by atoms with van der Waals surface area (Å²) < 4.78 is 10.7. The van der Waals surface area contributed by atoms with Gasteiger partial charge in [0.05, 0.1) is 14.2 Å². The first kappa shape index (κ1) is 17.0. The molecule has 0 saturated heterocycles. The van der Waals surface area contributed by atoms with Crippen LogP contribution in [0.25, 0.3) is 0 Å². The molecule has 23 heavy (non-hydrogen) atoms. The fourth-order valence-corrected chi connectivity index (χ4v) is 2.57. The van der Waals surface area contributed by atoms with Gasteiger partial charge in [-0.15, -0.1) is 0 Å². The van der Waals surface area contributed by atoms with Gasteiger partial charge < -0.3 is 19.7 Å². The van der Waals surface area contributed by atoms with Gasteiger partial charge in [-0.25, -0.2) is 0 Å². The van der Waals surface area contributed by atoms with Crippen LogP contribution in [0.2, 0.25) is 0 Å². The summed E-state index contributed by atoms with van der Waals surface area (Å²) in [6.07, 6.45) is 0. The first-order chi connectivity index (χ1) is 11.2. The third-order valence-corrected chi connectivity index (χ3v) is 3.97. The van der Waals surface area contributed by atoms with Crippen LogP contribution < -0.4 is 19.7 Å². The van der Waals surface area contributed by atoms with E-state index in [2.05, 4.69) is 48.3 Å². The summed E-state index contributed by atoms with van der Waals surface area (Å²) in [5.41, 5.74) is 3.45. The Morgan fingerprint density at radius 3 is 2.17 bits per heavy atom. The fourth-order valence-electron chi connectivity index (χ4n) is 2.57. The largest absolute Gasteiger partial charge is 0.497 e. The monoisotopic (exact) mass is 314 g/mol. The highest BCUT2D eigenvalue weighted by Gasteiger charge is 2.05. The summed E-state index contributed by atoms with van der Waals surface area (Å²) in [5, 5.41) is 3.44. The van der Waals surface area contributed by atoms with Gasteiger partial charge in [-0.1, -0.05) is 0 Å². The molecule has 1 N–H and O–H groups in total. The molecule has 4 nitrogen and oxygen atoms in total. The van der Waals surface area contributed by atoms with Crippen LogP contribution in [-0.4, -0.2) is 27.3 Å². The number of rotatable bonds is 8. The summed E-state index contributed by atoms with van der Waals surface area (Å²) in [4.78, 5) is 2.33. The molecule has 0 atom stereocenters. The lowest BCUT2D eigenvalue weighted by atomic mass is 10.1. The van der Waals surface area contributed by atoms with E-state index >= 15 is 0 Å². The highest BCUT2D eigenvalue weighted by Crippen LogP contribution is 2.25. The van der Waals surface area contributed by atoms with Gasteiger partial charge in [0, 0.05) is 42.6 Å². The van der Waals surface area contributed by atoms with Crippen LogP contribution in [0.1, 0.15) is 19.4 Å². The van der Waals surface area contributed by atoms with E-state index in [0.717, 1.165) is 35.8 Å². The molecule has 0 aliphatic heterocycles. The van der Waals surface area contributed by atoms with Crippen LogP contribution in [-0.2, 0) is 6.54 Å². The molecule has 4 heteroatoms. The molecule has 0 aliphatic rings. The predicted octanol–water partition coefficient (Wildman–Crippen LogP) is 4.16. The number of nitrogens with one attached hydrogen (secondary N) is 1. The number of anilines is 2. The van der Waals surface area contributed by atoms with Crippen molar-refractivity contribution in [3.05, 3.63) is 48.0 Å². The Kier molecular flexibility index (Phi) is 6.15. The Balaban J connectivity index is 2.03. The molecule has 0 fully saturated rings. The van der Waals surface area contributed by atoms with Gasteiger partial charge in [-0.2, -0.15) is 0 Å². The van der Waals surface area contributed by atoms with E-state index in [9.17, 15) is 0 Å². The third-order valence-electron chi connectivity index (χ3n) is 3.97. The normalized spacial score (nSPS) is 10.3. The molecule has 0 spiro atoms. The van der Waals surface area contributed by atoms with Gasteiger partial charge >= 0.3 is 0 Å².